The SMILES string of the molecule is O=C(Nc1cc(Cl)cc(Cl)c1)c1c(F)cccc1Br. The van der Waals surface area contributed by atoms with E-state index in [4.69, 9.17) is 23.2 Å². The third-order valence-corrected chi connectivity index (χ3v) is 3.41. The van der Waals surface area contributed by atoms with Crippen molar-refractivity contribution in [2.24, 2.45) is 0 Å². The first-order chi connectivity index (χ1) is 8.97. The Labute approximate surface area is 127 Å². The van der Waals surface area contributed by atoms with Crippen LogP contribution in [-0.2, 0) is 0 Å². The van der Waals surface area contributed by atoms with Crippen molar-refractivity contribution in [3.05, 3.63) is 62.3 Å². The molecular formula is C13H7BrCl2FNO. The number of benzene rings is 2. The number of rotatable bonds is 2. The van der Waals surface area contributed by atoms with Crippen LogP contribution in [0.2, 0.25) is 10.0 Å². The average Bonchev–Trinajstić information content (AvgIpc) is 2.26. The topological polar surface area (TPSA) is 29.1 Å². The van der Waals surface area contributed by atoms with Crippen molar-refractivity contribution >= 4 is 50.7 Å². The third kappa shape index (κ3) is 3.47. The molecular weight excluding hydrogens is 356 g/mol. The Morgan fingerprint density at radius 1 is 1.16 bits per heavy atom. The van der Waals surface area contributed by atoms with E-state index in [-0.39, 0.29) is 5.56 Å². The van der Waals surface area contributed by atoms with Gasteiger partial charge < -0.3 is 5.32 Å². The molecule has 0 aliphatic heterocycles. The van der Waals surface area contributed by atoms with Crippen LogP contribution in [0.25, 0.3) is 0 Å². The summed E-state index contributed by atoms with van der Waals surface area (Å²) in [5, 5.41) is 3.31. The maximum absolute atomic E-state index is 13.6. The zero-order chi connectivity index (χ0) is 14.0. The van der Waals surface area contributed by atoms with Gasteiger partial charge in [0.2, 0.25) is 0 Å². The van der Waals surface area contributed by atoms with Gasteiger partial charge in [0.15, 0.2) is 0 Å². The Bertz CT molecular complexity index is 608. The fraction of sp³-hybridized carbons (Fsp3) is 0. The number of amides is 1. The van der Waals surface area contributed by atoms with Crippen LogP contribution in [-0.4, -0.2) is 5.91 Å². The largest absolute Gasteiger partial charge is 0.322 e. The van der Waals surface area contributed by atoms with E-state index in [0.717, 1.165) is 0 Å². The molecule has 1 amide bonds. The lowest BCUT2D eigenvalue weighted by Crippen LogP contribution is -2.14. The van der Waals surface area contributed by atoms with Gasteiger partial charge in [0.1, 0.15) is 5.82 Å². The maximum atomic E-state index is 13.6. The van der Waals surface area contributed by atoms with Crippen LogP contribution in [0.5, 0.6) is 0 Å². The second-order valence-corrected chi connectivity index (χ2v) is 5.44. The molecule has 0 fully saturated rings. The third-order valence-electron chi connectivity index (χ3n) is 2.31. The molecule has 2 aromatic rings. The summed E-state index contributed by atoms with van der Waals surface area (Å²) in [5.74, 6) is -1.19. The van der Waals surface area contributed by atoms with E-state index < -0.39 is 11.7 Å². The lowest BCUT2D eigenvalue weighted by molar-refractivity contribution is 0.102. The second-order valence-electron chi connectivity index (χ2n) is 3.71. The van der Waals surface area contributed by atoms with Crippen molar-refractivity contribution in [1.29, 1.82) is 0 Å². The van der Waals surface area contributed by atoms with Gasteiger partial charge in [0.05, 0.1) is 5.56 Å². The first-order valence-corrected chi connectivity index (χ1v) is 6.74. The molecule has 2 rings (SSSR count). The summed E-state index contributed by atoms with van der Waals surface area (Å²) >= 11 is 14.8. The van der Waals surface area contributed by atoms with Gasteiger partial charge in [-0.3, -0.25) is 4.79 Å². The fourth-order valence-electron chi connectivity index (χ4n) is 1.53. The first-order valence-electron chi connectivity index (χ1n) is 5.19. The summed E-state index contributed by atoms with van der Waals surface area (Å²) in [6.45, 7) is 0. The average molecular weight is 363 g/mol. The molecule has 98 valence electrons. The van der Waals surface area contributed by atoms with Crippen LogP contribution in [0.3, 0.4) is 0 Å². The molecule has 0 saturated carbocycles. The molecule has 0 aliphatic carbocycles. The quantitative estimate of drug-likeness (QED) is 0.786. The predicted molar refractivity (Wildman–Crippen MR) is 78.5 cm³/mol. The summed E-state index contributed by atoms with van der Waals surface area (Å²) in [5.41, 5.74) is 0.330. The summed E-state index contributed by atoms with van der Waals surface area (Å²) in [4.78, 5) is 12.0. The lowest BCUT2D eigenvalue weighted by Gasteiger charge is -2.08. The van der Waals surface area contributed by atoms with Crippen LogP contribution in [0, 0.1) is 5.82 Å². The van der Waals surface area contributed by atoms with Crippen molar-refractivity contribution in [3.63, 3.8) is 0 Å². The van der Waals surface area contributed by atoms with Crippen LogP contribution < -0.4 is 5.32 Å². The zero-order valence-corrected chi connectivity index (χ0v) is 12.5. The number of hydrogen-bond donors (Lipinski definition) is 1. The van der Waals surface area contributed by atoms with Crippen molar-refractivity contribution in [2.75, 3.05) is 5.32 Å². The highest BCUT2D eigenvalue weighted by Gasteiger charge is 2.15. The molecule has 0 unspecified atom stereocenters. The van der Waals surface area contributed by atoms with Gasteiger partial charge in [-0.05, 0) is 46.3 Å². The van der Waals surface area contributed by atoms with Crippen molar-refractivity contribution in [1.82, 2.24) is 0 Å². The Kier molecular flexibility index (Phi) is 4.45. The number of halogens is 4. The minimum atomic E-state index is -0.611. The van der Waals surface area contributed by atoms with Crippen LogP contribution in [0.1, 0.15) is 10.4 Å². The van der Waals surface area contributed by atoms with Gasteiger partial charge in [-0.25, -0.2) is 4.39 Å². The highest BCUT2D eigenvalue weighted by atomic mass is 79.9. The number of anilines is 1. The Balaban J connectivity index is 2.31. The zero-order valence-electron chi connectivity index (χ0n) is 9.38. The number of carbonyl (C=O) groups excluding carboxylic acids is 1. The van der Waals surface area contributed by atoms with E-state index in [1.165, 1.54) is 30.3 Å². The molecule has 0 saturated heterocycles. The molecule has 1 N–H and O–H groups in total. The minimum absolute atomic E-state index is 0.0707. The van der Waals surface area contributed by atoms with E-state index in [1.54, 1.807) is 6.07 Å². The molecule has 6 heteroatoms. The lowest BCUT2D eigenvalue weighted by atomic mass is 10.2. The normalized spacial score (nSPS) is 10.3. The summed E-state index contributed by atoms with van der Waals surface area (Å²) in [7, 11) is 0. The number of nitrogens with one attached hydrogen (secondary N) is 1. The summed E-state index contributed by atoms with van der Waals surface area (Å²) in [6.07, 6.45) is 0. The van der Waals surface area contributed by atoms with Gasteiger partial charge in [-0.1, -0.05) is 29.3 Å². The van der Waals surface area contributed by atoms with E-state index >= 15 is 0 Å². The highest BCUT2D eigenvalue weighted by molar-refractivity contribution is 9.10. The molecule has 2 aromatic carbocycles. The number of hydrogen-bond acceptors (Lipinski definition) is 1. The van der Waals surface area contributed by atoms with Gasteiger partial charge in [-0.15, -0.1) is 0 Å². The second kappa shape index (κ2) is 5.90. The summed E-state index contributed by atoms with van der Waals surface area (Å²) in [6, 6.07) is 8.90. The fourth-order valence-corrected chi connectivity index (χ4v) is 2.58. The monoisotopic (exact) mass is 361 g/mol. The van der Waals surface area contributed by atoms with Crippen molar-refractivity contribution in [2.45, 2.75) is 0 Å². The standard InChI is InChI=1S/C13H7BrCl2FNO/c14-10-2-1-3-11(17)12(10)13(19)18-9-5-7(15)4-8(16)6-9/h1-6H,(H,18,19). The maximum Gasteiger partial charge on any atom is 0.259 e. The molecule has 2 nitrogen and oxygen atoms in total. The molecule has 0 spiro atoms. The van der Waals surface area contributed by atoms with Gasteiger partial charge in [0.25, 0.3) is 5.91 Å². The molecule has 0 radical (unpaired) electrons. The van der Waals surface area contributed by atoms with Gasteiger partial charge >= 0.3 is 0 Å². The van der Waals surface area contributed by atoms with Crippen molar-refractivity contribution in [3.8, 4) is 0 Å². The molecule has 19 heavy (non-hydrogen) atoms. The van der Waals surface area contributed by atoms with Crippen molar-refractivity contribution < 1.29 is 9.18 Å². The molecule has 0 heterocycles. The predicted octanol–water partition coefficient (Wildman–Crippen LogP) is 5.15. The van der Waals surface area contributed by atoms with Crippen LogP contribution >= 0.6 is 39.1 Å². The van der Waals surface area contributed by atoms with E-state index in [9.17, 15) is 9.18 Å². The summed E-state index contributed by atoms with van der Waals surface area (Å²) < 4.78 is 14.0. The Morgan fingerprint density at radius 2 is 1.79 bits per heavy atom. The molecule has 0 aromatic heterocycles. The highest BCUT2D eigenvalue weighted by Crippen LogP contribution is 2.25. The number of carbonyl (C=O) groups is 1. The Hall–Kier alpha value is -1.10. The smallest absolute Gasteiger partial charge is 0.259 e. The molecule has 0 bridgehead atoms. The van der Waals surface area contributed by atoms with Gasteiger partial charge in [-0.2, -0.15) is 0 Å². The van der Waals surface area contributed by atoms with Crippen LogP contribution in [0.4, 0.5) is 10.1 Å². The van der Waals surface area contributed by atoms with E-state index in [1.807, 2.05) is 0 Å². The van der Waals surface area contributed by atoms with Gasteiger partial charge in [0, 0.05) is 20.2 Å². The Morgan fingerprint density at radius 3 is 2.37 bits per heavy atom. The van der Waals surface area contributed by atoms with E-state index in [2.05, 4.69) is 21.2 Å². The minimum Gasteiger partial charge on any atom is -0.322 e. The molecule has 0 atom stereocenters. The first kappa shape index (κ1) is 14.3. The van der Waals surface area contributed by atoms with E-state index in [0.29, 0.717) is 20.2 Å². The van der Waals surface area contributed by atoms with Crippen LogP contribution in [0.15, 0.2) is 40.9 Å². The molecule has 0 aliphatic rings.